The van der Waals surface area contributed by atoms with Gasteiger partial charge in [0.05, 0.1) is 18.3 Å². The maximum Gasteiger partial charge on any atom is 0.254 e. The number of nitrogens with zero attached hydrogens (tertiary/aromatic N) is 4. The van der Waals surface area contributed by atoms with Crippen molar-refractivity contribution in [2.24, 2.45) is 0 Å². The third-order valence-corrected chi connectivity index (χ3v) is 3.82. The van der Waals surface area contributed by atoms with Crippen molar-refractivity contribution in [1.82, 2.24) is 19.9 Å². The average molecular weight is 340 g/mol. The molecular weight excluding hydrogens is 320 g/mol. The highest BCUT2D eigenvalue weighted by molar-refractivity contribution is 5.91. The summed E-state index contributed by atoms with van der Waals surface area (Å²) in [7, 11) is 0. The van der Waals surface area contributed by atoms with Crippen LogP contribution in [0.15, 0.2) is 41.2 Å². The van der Waals surface area contributed by atoms with Crippen molar-refractivity contribution in [3.05, 3.63) is 53.9 Å². The van der Waals surface area contributed by atoms with E-state index in [2.05, 4.69) is 20.6 Å². The summed E-state index contributed by atoms with van der Waals surface area (Å²) >= 11 is 0. The van der Waals surface area contributed by atoms with Gasteiger partial charge in [-0.1, -0.05) is 22.9 Å². The Morgan fingerprint density at radius 2 is 2.04 bits per heavy atom. The lowest BCUT2D eigenvalue weighted by atomic mass is 10.1. The minimum absolute atomic E-state index is 0.0225. The van der Waals surface area contributed by atoms with E-state index in [0.29, 0.717) is 17.4 Å². The summed E-state index contributed by atoms with van der Waals surface area (Å²) < 4.78 is 6.96. The number of rotatable bonds is 5. The first-order valence-corrected chi connectivity index (χ1v) is 7.85. The zero-order valence-electron chi connectivity index (χ0n) is 14.4. The van der Waals surface area contributed by atoms with Crippen LogP contribution < -0.4 is 11.1 Å². The van der Waals surface area contributed by atoms with Gasteiger partial charge in [-0.05, 0) is 32.9 Å². The molecule has 0 fully saturated rings. The summed E-state index contributed by atoms with van der Waals surface area (Å²) in [5.41, 5.74) is 7.44. The molecule has 1 aromatic carbocycles. The molecule has 0 unspecified atom stereocenters. The highest BCUT2D eigenvalue weighted by Crippen LogP contribution is 2.24. The van der Waals surface area contributed by atoms with E-state index in [-0.39, 0.29) is 12.3 Å². The molecule has 0 radical (unpaired) electrons. The largest absolute Gasteiger partial charge is 0.396 e. The van der Waals surface area contributed by atoms with E-state index in [1.807, 2.05) is 45.0 Å². The van der Waals surface area contributed by atoms with Gasteiger partial charge in [-0.15, -0.1) is 0 Å². The molecule has 8 heteroatoms. The van der Waals surface area contributed by atoms with E-state index in [0.717, 1.165) is 11.3 Å². The lowest BCUT2D eigenvalue weighted by Crippen LogP contribution is -2.28. The first-order valence-electron chi connectivity index (χ1n) is 7.85. The van der Waals surface area contributed by atoms with E-state index < -0.39 is 5.54 Å². The SMILES string of the molecule is Cc1ccc(NC(=O)Cc2noc(C(C)(C)n3cc(N)cn3)n2)cc1. The van der Waals surface area contributed by atoms with Gasteiger partial charge < -0.3 is 15.6 Å². The number of nitrogens with two attached hydrogens (primary N) is 1. The Morgan fingerprint density at radius 1 is 1.32 bits per heavy atom. The predicted molar refractivity (Wildman–Crippen MR) is 92.9 cm³/mol. The zero-order valence-corrected chi connectivity index (χ0v) is 14.4. The van der Waals surface area contributed by atoms with Crippen LogP contribution in [0.1, 0.15) is 31.1 Å². The molecule has 0 saturated heterocycles. The van der Waals surface area contributed by atoms with Crippen molar-refractivity contribution in [2.75, 3.05) is 11.1 Å². The third kappa shape index (κ3) is 3.68. The fraction of sp³-hybridized carbons (Fsp3) is 0.294. The number of amides is 1. The average Bonchev–Trinajstić information content (AvgIpc) is 3.19. The lowest BCUT2D eigenvalue weighted by molar-refractivity contribution is -0.115. The van der Waals surface area contributed by atoms with Crippen LogP contribution in [0.3, 0.4) is 0 Å². The summed E-state index contributed by atoms with van der Waals surface area (Å²) in [4.78, 5) is 16.5. The molecule has 25 heavy (non-hydrogen) atoms. The zero-order chi connectivity index (χ0) is 18.0. The van der Waals surface area contributed by atoms with Crippen LogP contribution in [0, 0.1) is 6.92 Å². The quantitative estimate of drug-likeness (QED) is 0.736. The Balaban J connectivity index is 1.69. The van der Waals surface area contributed by atoms with Gasteiger partial charge in [0.25, 0.3) is 5.89 Å². The maximum absolute atomic E-state index is 12.1. The second-order valence-electron chi connectivity index (χ2n) is 6.38. The number of hydrogen-bond acceptors (Lipinski definition) is 6. The lowest BCUT2D eigenvalue weighted by Gasteiger charge is -2.20. The minimum atomic E-state index is -0.670. The van der Waals surface area contributed by atoms with Gasteiger partial charge in [-0.2, -0.15) is 10.1 Å². The molecule has 3 rings (SSSR count). The molecule has 0 atom stereocenters. The number of hydrogen-bond donors (Lipinski definition) is 2. The van der Waals surface area contributed by atoms with E-state index >= 15 is 0 Å². The second kappa shape index (κ2) is 6.39. The molecule has 0 spiro atoms. The van der Waals surface area contributed by atoms with Crippen LogP contribution in [0.25, 0.3) is 0 Å². The van der Waals surface area contributed by atoms with Crippen LogP contribution in [0.5, 0.6) is 0 Å². The van der Waals surface area contributed by atoms with E-state index in [1.165, 1.54) is 0 Å². The van der Waals surface area contributed by atoms with Gasteiger partial charge in [0.1, 0.15) is 5.54 Å². The normalized spacial score (nSPS) is 11.5. The Bertz CT molecular complexity index is 879. The van der Waals surface area contributed by atoms with Crippen molar-refractivity contribution in [3.63, 3.8) is 0 Å². The molecule has 0 bridgehead atoms. The van der Waals surface area contributed by atoms with Crippen molar-refractivity contribution in [2.45, 2.75) is 32.7 Å². The van der Waals surface area contributed by atoms with Gasteiger partial charge in [0.15, 0.2) is 5.82 Å². The number of anilines is 2. The van der Waals surface area contributed by atoms with Gasteiger partial charge in [0.2, 0.25) is 5.91 Å². The number of aromatic nitrogens is 4. The number of aryl methyl sites for hydroxylation is 1. The highest BCUT2D eigenvalue weighted by Gasteiger charge is 2.31. The summed E-state index contributed by atoms with van der Waals surface area (Å²) in [6, 6.07) is 7.56. The summed E-state index contributed by atoms with van der Waals surface area (Å²) in [5, 5.41) is 10.9. The van der Waals surface area contributed by atoms with Crippen LogP contribution in [0.4, 0.5) is 11.4 Å². The molecule has 1 amide bonds. The van der Waals surface area contributed by atoms with Crippen molar-refractivity contribution >= 4 is 17.3 Å². The number of carbonyl (C=O) groups excluding carboxylic acids is 1. The summed E-state index contributed by atoms with van der Waals surface area (Å²) in [6.45, 7) is 5.74. The molecule has 0 aliphatic rings. The maximum atomic E-state index is 12.1. The first kappa shape index (κ1) is 16.7. The van der Waals surface area contributed by atoms with Crippen molar-refractivity contribution in [1.29, 1.82) is 0 Å². The highest BCUT2D eigenvalue weighted by atomic mass is 16.5. The predicted octanol–water partition coefficient (Wildman–Crippen LogP) is 2.12. The van der Waals surface area contributed by atoms with Gasteiger partial charge >= 0.3 is 0 Å². The monoisotopic (exact) mass is 340 g/mol. The molecule has 0 aliphatic heterocycles. The van der Waals surface area contributed by atoms with E-state index in [4.69, 9.17) is 10.3 Å². The smallest absolute Gasteiger partial charge is 0.254 e. The van der Waals surface area contributed by atoms with Crippen LogP contribution >= 0.6 is 0 Å². The Labute approximate surface area is 145 Å². The summed E-state index contributed by atoms with van der Waals surface area (Å²) in [5.74, 6) is 0.457. The van der Waals surface area contributed by atoms with Crippen LogP contribution in [-0.4, -0.2) is 25.8 Å². The van der Waals surface area contributed by atoms with Crippen LogP contribution in [0.2, 0.25) is 0 Å². The molecule has 8 nitrogen and oxygen atoms in total. The number of nitrogens with one attached hydrogen (secondary N) is 1. The molecular formula is C17H20N6O2. The third-order valence-electron chi connectivity index (χ3n) is 3.82. The molecule has 3 aromatic rings. The molecule has 0 saturated carbocycles. The van der Waals surface area contributed by atoms with Crippen LogP contribution in [-0.2, 0) is 16.8 Å². The number of nitrogen functional groups attached to an aromatic ring is 1. The Hall–Kier alpha value is -3.16. The molecule has 3 N–H and O–H groups in total. The first-order chi connectivity index (χ1) is 11.8. The standard InChI is InChI=1S/C17H20N6O2/c1-11-4-6-13(7-5-11)20-15(24)8-14-21-16(25-22-14)17(2,3)23-10-12(18)9-19-23/h4-7,9-10H,8,18H2,1-3H3,(H,20,24). The second-order valence-corrected chi connectivity index (χ2v) is 6.38. The van der Waals surface area contributed by atoms with Gasteiger partial charge in [-0.3, -0.25) is 9.48 Å². The molecule has 130 valence electrons. The number of carbonyl (C=O) groups is 1. The van der Waals surface area contributed by atoms with Crippen molar-refractivity contribution < 1.29 is 9.32 Å². The summed E-state index contributed by atoms with van der Waals surface area (Å²) in [6.07, 6.45) is 3.26. The fourth-order valence-corrected chi connectivity index (χ4v) is 2.30. The van der Waals surface area contributed by atoms with E-state index in [9.17, 15) is 4.79 Å². The van der Waals surface area contributed by atoms with Crippen molar-refractivity contribution in [3.8, 4) is 0 Å². The fourth-order valence-electron chi connectivity index (χ4n) is 2.30. The number of benzene rings is 1. The molecule has 2 aromatic heterocycles. The Morgan fingerprint density at radius 3 is 2.68 bits per heavy atom. The Kier molecular flexibility index (Phi) is 4.26. The topological polar surface area (TPSA) is 112 Å². The molecule has 2 heterocycles. The van der Waals surface area contributed by atoms with E-state index in [1.54, 1.807) is 17.1 Å². The minimum Gasteiger partial charge on any atom is -0.396 e. The van der Waals surface area contributed by atoms with Gasteiger partial charge in [0, 0.05) is 11.9 Å². The molecule has 0 aliphatic carbocycles. The van der Waals surface area contributed by atoms with Gasteiger partial charge in [-0.25, -0.2) is 0 Å².